The lowest BCUT2D eigenvalue weighted by molar-refractivity contribution is 0.102. The summed E-state index contributed by atoms with van der Waals surface area (Å²) in [6, 6.07) is 9.80. The molecule has 0 aliphatic rings. The van der Waals surface area contributed by atoms with Gasteiger partial charge in [0.25, 0.3) is 5.91 Å². The van der Waals surface area contributed by atoms with Gasteiger partial charge in [-0.15, -0.1) is 0 Å². The quantitative estimate of drug-likeness (QED) is 0.928. The molecule has 0 aromatic heterocycles. The summed E-state index contributed by atoms with van der Waals surface area (Å²) in [6.07, 6.45) is 1.04. The van der Waals surface area contributed by atoms with E-state index in [-0.39, 0.29) is 17.0 Å². The molecular formula is C15H13ClFNO3S. The molecule has 116 valence electrons. The lowest BCUT2D eigenvalue weighted by Crippen LogP contribution is -2.14. The molecule has 0 spiro atoms. The van der Waals surface area contributed by atoms with Gasteiger partial charge in [-0.3, -0.25) is 4.79 Å². The summed E-state index contributed by atoms with van der Waals surface area (Å²) in [4.78, 5) is 12.1. The molecule has 0 aliphatic carbocycles. The van der Waals surface area contributed by atoms with Crippen LogP contribution >= 0.6 is 11.6 Å². The fourth-order valence-electron chi connectivity index (χ4n) is 1.88. The lowest BCUT2D eigenvalue weighted by Gasteiger charge is -2.11. The molecule has 0 saturated heterocycles. The van der Waals surface area contributed by atoms with E-state index in [1.54, 1.807) is 12.1 Å². The number of carbonyl (C=O) groups excluding carboxylic acids is 1. The van der Waals surface area contributed by atoms with Gasteiger partial charge in [0.2, 0.25) is 0 Å². The van der Waals surface area contributed by atoms with Gasteiger partial charge >= 0.3 is 0 Å². The summed E-state index contributed by atoms with van der Waals surface area (Å²) < 4.78 is 36.1. The summed E-state index contributed by atoms with van der Waals surface area (Å²) in [5.41, 5.74) is 0.815. The first-order valence-electron chi connectivity index (χ1n) is 6.28. The molecular weight excluding hydrogens is 329 g/mol. The van der Waals surface area contributed by atoms with Crippen LogP contribution in [0.1, 0.15) is 15.9 Å². The van der Waals surface area contributed by atoms with Crippen LogP contribution < -0.4 is 5.32 Å². The molecule has 0 atom stereocenters. The monoisotopic (exact) mass is 341 g/mol. The van der Waals surface area contributed by atoms with Gasteiger partial charge in [0.15, 0.2) is 9.84 Å². The zero-order valence-corrected chi connectivity index (χ0v) is 13.2. The number of amides is 1. The van der Waals surface area contributed by atoms with E-state index in [1.807, 2.05) is 0 Å². The molecule has 7 heteroatoms. The molecule has 2 rings (SSSR count). The Labute approximate surface area is 132 Å². The molecule has 0 heterocycles. The number of rotatable bonds is 4. The van der Waals surface area contributed by atoms with Crippen molar-refractivity contribution in [3.63, 3.8) is 0 Å². The molecule has 1 N–H and O–H groups in total. The Hall–Kier alpha value is -1.92. The van der Waals surface area contributed by atoms with Crippen LogP contribution in [-0.4, -0.2) is 20.6 Å². The average molecular weight is 342 g/mol. The van der Waals surface area contributed by atoms with E-state index in [9.17, 15) is 17.6 Å². The minimum Gasteiger partial charge on any atom is -0.322 e. The van der Waals surface area contributed by atoms with E-state index in [4.69, 9.17) is 11.6 Å². The van der Waals surface area contributed by atoms with Crippen LogP contribution in [0.25, 0.3) is 0 Å². The van der Waals surface area contributed by atoms with Crippen LogP contribution in [0.5, 0.6) is 0 Å². The van der Waals surface area contributed by atoms with Gasteiger partial charge in [0.1, 0.15) is 5.82 Å². The first-order chi connectivity index (χ1) is 10.2. The topological polar surface area (TPSA) is 63.2 Å². The third-order valence-corrected chi connectivity index (χ3v) is 3.93. The summed E-state index contributed by atoms with van der Waals surface area (Å²) in [7, 11) is -3.36. The van der Waals surface area contributed by atoms with Crippen LogP contribution in [0, 0.1) is 5.82 Å². The minimum atomic E-state index is -3.36. The normalized spacial score (nSPS) is 11.2. The van der Waals surface area contributed by atoms with Gasteiger partial charge in [-0.1, -0.05) is 11.6 Å². The molecule has 4 nitrogen and oxygen atoms in total. The highest BCUT2D eigenvalue weighted by Crippen LogP contribution is 2.21. The molecule has 2 aromatic rings. The number of hydrogen-bond donors (Lipinski definition) is 1. The summed E-state index contributed by atoms with van der Waals surface area (Å²) in [5, 5.41) is 3.08. The third kappa shape index (κ3) is 4.54. The molecule has 1 amide bonds. The number of halogens is 2. The number of sulfone groups is 1. The van der Waals surface area contributed by atoms with Crippen LogP contribution in [0.2, 0.25) is 5.02 Å². The van der Waals surface area contributed by atoms with Crippen molar-refractivity contribution in [3.8, 4) is 0 Å². The lowest BCUT2D eigenvalue weighted by atomic mass is 10.1. The molecule has 0 radical (unpaired) electrons. The number of carbonyl (C=O) groups is 1. The van der Waals surface area contributed by atoms with Crippen molar-refractivity contribution in [3.05, 3.63) is 64.4 Å². The van der Waals surface area contributed by atoms with Crippen LogP contribution in [0.4, 0.5) is 10.1 Å². The first-order valence-corrected chi connectivity index (χ1v) is 8.71. The second-order valence-electron chi connectivity index (χ2n) is 4.83. The van der Waals surface area contributed by atoms with Gasteiger partial charge in [0.05, 0.1) is 5.75 Å². The fraction of sp³-hybridized carbons (Fsp3) is 0.133. The SMILES string of the molecule is CS(=O)(=O)Cc1cc(F)ccc1NC(=O)c1ccc(Cl)cc1. The van der Waals surface area contributed by atoms with Crippen molar-refractivity contribution >= 4 is 33.0 Å². The summed E-state index contributed by atoms with van der Waals surface area (Å²) >= 11 is 5.75. The van der Waals surface area contributed by atoms with E-state index in [0.29, 0.717) is 10.6 Å². The summed E-state index contributed by atoms with van der Waals surface area (Å²) in [5.74, 6) is -1.36. The second kappa shape index (κ2) is 6.46. The predicted molar refractivity (Wildman–Crippen MR) is 84.4 cm³/mol. The Bertz CT molecular complexity index is 804. The van der Waals surface area contributed by atoms with Crippen molar-refractivity contribution in [2.24, 2.45) is 0 Å². The number of benzene rings is 2. The standard InChI is InChI=1S/C15H13ClFNO3S/c1-22(20,21)9-11-8-13(17)6-7-14(11)18-15(19)10-2-4-12(16)5-3-10/h2-8H,9H2,1H3,(H,18,19). The number of nitrogens with one attached hydrogen (secondary N) is 1. The molecule has 0 fully saturated rings. The zero-order chi connectivity index (χ0) is 16.3. The molecule has 0 unspecified atom stereocenters. The van der Waals surface area contributed by atoms with E-state index in [2.05, 4.69) is 5.32 Å². The highest BCUT2D eigenvalue weighted by atomic mass is 35.5. The predicted octanol–water partition coefficient (Wildman–Crippen LogP) is 3.28. The van der Waals surface area contributed by atoms with Gasteiger partial charge < -0.3 is 5.32 Å². The van der Waals surface area contributed by atoms with Crippen molar-refractivity contribution in [1.82, 2.24) is 0 Å². The van der Waals surface area contributed by atoms with Crippen molar-refractivity contribution in [2.75, 3.05) is 11.6 Å². The second-order valence-corrected chi connectivity index (χ2v) is 7.41. The van der Waals surface area contributed by atoms with Gasteiger partial charge in [-0.25, -0.2) is 12.8 Å². The summed E-state index contributed by atoms with van der Waals surface area (Å²) in [6.45, 7) is 0. The van der Waals surface area contributed by atoms with Crippen molar-refractivity contribution < 1.29 is 17.6 Å². The molecule has 22 heavy (non-hydrogen) atoms. The Kier molecular flexibility index (Phi) is 4.83. The van der Waals surface area contributed by atoms with Crippen molar-refractivity contribution in [1.29, 1.82) is 0 Å². The maximum atomic E-state index is 13.3. The number of anilines is 1. The Morgan fingerprint density at radius 3 is 2.41 bits per heavy atom. The van der Waals surface area contributed by atoms with E-state index in [0.717, 1.165) is 18.4 Å². The first kappa shape index (κ1) is 16.5. The molecule has 0 saturated carbocycles. The van der Waals surface area contributed by atoms with Crippen molar-refractivity contribution in [2.45, 2.75) is 5.75 Å². The maximum absolute atomic E-state index is 13.3. The molecule has 0 bridgehead atoms. The highest BCUT2D eigenvalue weighted by Gasteiger charge is 2.13. The van der Waals surface area contributed by atoms with Gasteiger partial charge in [-0.2, -0.15) is 0 Å². The maximum Gasteiger partial charge on any atom is 0.255 e. The smallest absolute Gasteiger partial charge is 0.255 e. The Balaban J connectivity index is 2.29. The zero-order valence-electron chi connectivity index (χ0n) is 11.6. The van der Waals surface area contributed by atoms with Crippen LogP contribution in [0.3, 0.4) is 0 Å². The largest absolute Gasteiger partial charge is 0.322 e. The fourth-order valence-corrected chi connectivity index (χ4v) is 2.81. The average Bonchev–Trinajstić information content (AvgIpc) is 2.41. The minimum absolute atomic E-state index is 0.199. The van der Waals surface area contributed by atoms with E-state index < -0.39 is 21.6 Å². The van der Waals surface area contributed by atoms with E-state index >= 15 is 0 Å². The van der Waals surface area contributed by atoms with Gasteiger partial charge in [0, 0.05) is 22.5 Å². The van der Waals surface area contributed by atoms with Crippen LogP contribution in [0.15, 0.2) is 42.5 Å². The Morgan fingerprint density at radius 2 is 1.82 bits per heavy atom. The van der Waals surface area contributed by atoms with Crippen LogP contribution in [-0.2, 0) is 15.6 Å². The molecule has 2 aromatic carbocycles. The van der Waals surface area contributed by atoms with Gasteiger partial charge in [-0.05, 0) is 48.0 Å². The van der Waals surface area contributed by atoms with E-state index in [1.165, 1.54) is 18.2 Å². The highest BCUT2D eigenvalue weighted by molar-refractivity contribution is 7.89. The number of hydrogen-bond acceptors (Lipinski definition) is 3. The third-order valence-electron chi connectivity index (χ3n) is 2.84. The molecule has 0 aliphatic heterocycles. The Morgan fingerprint density at radius 1 is 1.18 bits per heavy atom.